The molecule has 0 saturated heterocycles. The molecule has 6 nitrogen and oxygen atoms in total. The first-order valence-electron chi connectivity index (χ1n) is 6.44. The molecule has 2 rings (SSSR count). The quantitative estimate of drug-likeness (QED) is 0.762. The van der Waals surface area contributed by atoms with Gasteiger partial charge in [-0.3, -0.25) is 5.10 Å². The van der Waals surface area contributed by atoms with Gasteiger partial charge >= 0.3 is 0 Å². The molecule has 0 spiro atoms. The SMILES string of the molecule is CCOc1c(CNn2c(C)n[nH]c2=S)cc(Br)cc1OC. The smallest absolute Gasteiger partial charge is 0.214 e. The number of halogens is 1. The van der Waals surface area contributed by atoms with Crippen molar-refractivity contribution in [3.8, 4) is 11.5 Å². The van der Waals surface area contributed by atoms with E-state index >= 15 is 0 Å². The van der Waals surface area contributed by atoms with E-state index in [0.717, 1.165) is 21.6 Å². The second kappa shape index (κ2) is 6.95. The van der Waals surface area contributed by atoms with Gasteiger partial charge in [0.25, 0.3) is 0 Å². The first-order valence-corrected chi connectivity index (χ1v) is 7.64. The molecule has 0 unspecified atom stereocenters. The Balaban J connectivity index is 2.30. The van der Waals surface area contributed by atoms with E-state index in [9.17, 15) is 0 Å². The van der Waals surface area contributed by atoms with Gasteiger partial charge in [-0.2, -0.15) is 5.10 Å². The van der Waals surface area contributed by atoms with Gasteiger partial charge in [-0.05, 0) is 38.2 Å². The van der Waals surface area contributed by atoms with E-state index in [1.807, 2.05) is 26.0 Å². The van der Waals surface area contributed by atoms with E-state index in [-0.39, 0.29) is 0 Å². The molecular weight excluding hydrogens is 356 g/mol. The van der Waals surface area contributed by atoms with Gasteiger partial charge in [-0.25, -0.2) is 4.68 Å². The number of hydrogen-bond donors (Lipinski definition) is 2. The minimum atomic E-state index is 0.521. The van der Waals surface area contributed by atoms with Crippen molar-refractivity contribution in [1.82, 2.24) is 14.9 Å². The van der Waals surface area contributed by atoms with Crippen molar-refractivity contribution < 1.29 is 9.47 Å². The van der Waals surface area contributed by atoms with Gasteiger partial charge in [-0.15, -0.1) is 0 Å². The van der Waals surface area contributed by atoms with E-state index in [1.54, 1.807) is 11.8 Å². The van der Waals surface area contributed by atoms with Crippen LogP contribution in [0, 0.1) is 11.7 Å². The molecule has 0 atom stereocenters. The summed E-state index contributed by atoms with van der Waals surface area (Å²) in [4.78, 5) is 0. The zero-order valence-corrected chi connectivity index (χ0v) is 14.5. The number of methoxy groups -OCH3 is 1. The summed E-state index contributed by atoms with van der Waals surface area (Å²) in [6, 6.07) is 3.86. The average Bonchev–Trinajstić information content (AvgIpc) is 2.78. The molecule has 0 aliphatic carbocycles. The largest absolute Gasteiger partial charge is 0.493 e. The lowest BCUT2D eigenvalue weighted by Crippen LogP contribution is -2.17. The van der Waals surface area contributed by atoms with E-state index in [0.29, 0.717) is 23.7 Å². The molecule has 0 bridgehead atoms. The zero-order valence-electron chi connectivity index (χ0n) is 12.1. The molecule has 8 heteroatoms. The van der Waals surface area contributed by atoms with Crippen molar-refractivity contribution in [3.63, 3.8) is 0 Å². The Morgan fingerprint density at radius 2 is 2.24 bits per heavy atom. The van der Waals surface area contributed by atoms with Gasteiger partial charge in [0, 0.05) is 10.0 Å². The summed E-state index contributed by atoms with van der Waals surface area (Å²) < 4.78 is 14.2. The number of rotatable bonds is 6. The van der Waals surface area contributed by atoms with Crippen LogP contribution >= 0.6 is 28.1 Å². The lowest BCUT2D eigenvalue weighted by atomic mass is 10.2. The average molecular weight is 373 g/mol. The molecule has 0 fully saturated rings. The number of aromatic amines is 1. The Morgan fingerprint density at radius 1 is 1.48 bits per heavy atom. The summed E-state index contributed by atoms with van der Waals surface area (Å²) >= 11 is 8.64. The number of aryl methyl sites for hydroxylation is 1. The Morgan fingerprint density at radius 3 is 2.81 bits per heavy atom. The number of nitrogens with one attached hydrogen (secondary N) is 2. The number of benzene rings is 1. The number of hydrogen-bond acceptors (Lipinski definition) is 5. The summed E-state index contributed by atoms with van der Waals surface area (Å²) in [5, 5.41) is 6.79. The van der Waals surface area contributed by atoms with Gasteiger partial charge in [0.1, 0.15) is 5.82 Å². The van der Waals surface area contributed by atoms with Crippen molar-refractivity contribution in [1.29, 1.82) is 0 Å². The summed E-state index contributed by atoms with van der Waals surface area (Å²) in [6.07, 6.45) is 0. The fraction of sp³-hybridized carbons (Fsp3) is 0.385. The second-order valence-corrected chi connectivity index (χ2v) is 5.58. The normalized spacial score (nSPS) is 10.5. The predicted octanol–water partition coefficient (Wildman–Crippen LogP) is 3.16. The maximum atomic E-state index is 5.70. The van der Waals surface area contributed by atoms with Crippen LogP contribution in [0.1, 0.15) is 18.3 Å². The molecular formula is C13H17BrN4O2S. The highest BCUT2D eigenvalue weighted by molar-refractivity contribution is 9.10. The lowest BCUT2D eigenvalue weighted by molar-refractivity contribution is 0.307. The molecule has 0 aliphatic heterocycles. The van der Waals surface area contributed by atoms with Gasteiger partial charge in [0.2, 0.25) is 4.77 Å². The minimum absolute atomic E-state index is 0.521. The molecule has 0 saturated carbocycles. The molecule has 1 heterocycles. The molecule has 0 radical (unpaired) electrons. The fourth-order valence-corrected chi connectivity index (χ4v) is 2.67. The summed E-state index contributed by atoms with van der Waals surface area (Å²) in [6.45, 7) is 4.90. The lowest BCUT2D eigenvalue weighted by Gasteiger charge is -2.16. The maximum Gasteiger partial charge on any atom is 0.214 e. The van der Waals surface area contributed by atoms with E-state index in [4.69, 9.17) is 21.7 Å². The number of nitrogens with zero attached hydrogens (tertiary/aromatic N) is 2. The predicted molar refractivity (Wildman–Crippen MR) is 87.1 cm³/mol. The van der Waals surface area contributed by atoms with Gasteiger partial charge in [-0.1, -0.05) is 15.9 Å². The summed E-state index contributed by atoms with van der Waals surface area (Å²) in [7, 11) is 1.62. The highest BCUT2D eigenvalue weighted by atomic mass is 79.9. The van der Waals surface area contributed by atoms with Crippen molar-refractivity contribution >= 4 is 28.1 Å². The summed E-state index contributed by atoms with van der Waals surface area (Å²) in [5.41, 5.74) is 4.18. The van der Waals surface area contributed by atoms with Crippen LogP contribution < -0.4 is 14.9 Å². The van der Waals surface area contributed by atoms with Crippen LogP contribution in [0.3, 0.4) is 0 Å². The molecule has 1 aromatic heterocycles. The van der Waals surface area contributed by atoms with Crippen LogP contribution in [-0.4, -0.2) is 28.6 Å². The number of H-pyrrole nitrogens is 1. The molecule has 0 aliphatic rings. The topological polar surface area (TPSA) is 64.1 Å². The van der Waals surface area contributed by atoms with Crippen molar-refractivity contribution in [2.24, 2.45) is 0 Å². The summed E-state index contributed by atoms with van der Waals surface area (Å²) in [5.74, 6) is 2.18. The molecule has 114 valence electrons. The van der Waals surface area contributed by atoms with Gasteiger partial charge < -0.3 is 14.9 Å². The van der Waals surface area contributed by atoms with Crippen molar-refractivity contribution in [2.75, 3.05) is 19.1 Å². The Kier molecular flexibility index (Phi) is 5.24. The van der Waals surface area contributed by atoms with Crippen LogP contribution in [0.2, 0.25) is 0 Å². The third-order valence-corrected chi connectivity index (χ3v) is 3.60. The van der Waals surface area contributed by atoms with Crippen LogP contribution in [0.15, 0.2) is 16.6 Å². The number of ether oxygens (including phenoxy) is 2. The third kappa shape index (κ3) is 3.56. The fourth-order valence-electron chi connectivity index (χ4n) is 1.94. The second-order valence-electron chi connectivity index (χ2n) is 4.28. The molecule has 0 amide bonds. The molecule has 2 aromatic rings. The highest BCUT2D eigenvalue weighted by Gasteiger charge is 2.13. The van der Waals surface area contributed by atoms with E-state index < -0.39 is 0 Å². The van der Waals surface area contributed by atoms with Gasteiger partial charge in [0.15, 0.2) is 11.5 Å². The minimum Gasteiger partial charge on any atom is -0.493 e. The monoisotopic (exact) mass is 372 g/mol. The molecule has 2 N–H and O–H groups in total. The number of aromatic nitrogens is 3. The first kappa shape index (κ1) is 15.8. The molecule has 1 aromatic carbocycles. The standard InChI is InChI=1S/C13H17BrN4O2S/c1-4-20-12-9(5-10(14)6-11(12)19-3)7-15-18-8(2)16-17-13(18)21/h5-6,15H,4,7H2,1-3H3,(H,17,21). The highest BCUT2D eigenvalue weighted by Crippen LogP contribution is 2.35. The Labute approximate surface area is 136 Å². The third-order valence-electron chi connectivity index (χ3n) is 2.87. The molecule has 21 heavy (non-hydrogen) atoms. The van der Waals surface area contributed by atoms with Crippen LogP contribution in [-0.2, 0) is 6.54 Å². The van der Waals surface area contributed by atoms with Crippen LogP contribution in [0.5, 0.6) is 11.5 Å². The van der Waals surface area contributed by atoms with Crippen LogP contribution in [0.4, 0.5) is 0 Å². The van der Waals surface area contributed by atoms with Crippen molar-refractivity contribution in [2.45, 2.75) is 20.4 Å². The van der Waals surface area contributed by atoms with E-state index in [1.165, 1.54) is 0 Å². The Bertz CT molecular complexity index is 683. The van der Waals surface area contributed by atoms with Crippen LogP contribution in [0.25, 0.3) is 0 Å². The van der Waals surface area contributed by atoms with Crippen molar-refractivity contribution in [3.05, 3.63) is 32.8 Å². The first-order chi connectivity index (χ1) is 10.1. The maximum absolute atomic E-state index is 5.70. The Hall–Kier alpha value is -1.54. The van der Waals surface area contributed by atoms with E-state index in [2.05, 4.69) is 31.6 Å². The van der Waals surface area contributed by atoms with Gasteiger partial charge in [0.05, 0.1) is 20.3 Å². The zero-order chi connectivity index (χ0) is 15.4.